The van der Waals surface area contributed by atoms with E-state index >= 15 is 0 Å². The first-order valence-corrected chi connectivity index (χ1v) is 10.2. The van der Waals surface area contributed by atoms with Gasteiger partial charge >= 0.3 is 6.03 Å². The van der Waals surface area contributed by atoms with Crippen molar-refractivity contribution in [1.82, 2.24) is 9.88 Å². The van der Waals surface area contributed by atoms with Gasteiger partial charge in [0.15, 0.2) is 11.5 Å². The number of rotatable bonds is 4. The number of anilines is 2. The number of aromatic nitrogens is 1. The van der Waals surface area contributed by atoms with Gasteiger partial charge in [0.25, 0.3) is 11.8 Å². The molecule has 3 aromatic rings. The van der Waals surface area contributed by atoms with Gasteiger partial charge in [0, 0.05) is 43.4 Å². The molecule has 2 aliphatic heterocycles. The van der Waals surface area contributed by atoms with Crippen molar-refractivity contribution < 1.29 is 23.9 Å². The summed E-state index contributed by atoms with van der Waals surface area (Å²) in [6.07, 6.45) is 3.31. The molecule has 0 unspecified atom stereocenters. The predicted octanol–water partition coefficient (Wildman–Crippen LogP) is 2.94. The molecule has 1 fully saturated rings. The van der Waals surface area contributed by atoms with Crippen LogP contribution in [0.25, 0.3) is 11.8 Å². The third-order valence-corrected chi connectivity index (χ3v) is 5.43. The number of carbonyl (C=O) groups is 3. The molecule has 2 aromatic carbocycles. The lowest BCUT2D eigenvalue weighted by Gasteiger charge is -2.26. The van der Waals surface area contributed by atoms with Gasteiger partial charge in [0.05, 0.1) is 5.69 Å². The lowest BCUT2D eigenvalue weighted by molar-refractivity contribution is -0.122. The van der Waals surface area contributed by atoms with Crippen molar-refractivity contribution in [1.29, 1.82) is 0 Å². The van der Waals surface area contributed by atoms with E-state index in [-0.39, 0.29) is 18.1 Å². The maximum absolute atomic E-state index is 13.2. The number of amides is 4. The molecule has 1 saturated heterocycles. The maximum Gasteiger partial charge on any atom is 0.335 e. The molecule has 9 nitrogen and oxygen atoms in total. The van der Waals surface area contributed by atoms with Crippen LogP contribution in [0.3, 0.4) is 0 Å². The minimum Gasteiger partial charge on any atom is -0.454 e. The van der Waals surface area contributed by atoms with Gasteiger partial charge in [0.1, 0.15) is 5.57 Å². The standard InChI is InChI=1S/C24H20N4O5/c1-26(2)15-5-7-16(8-6-15)27-11-3-4-17(27)12-19-22(29)25-24(31)28(23(19)30)18-9-10-20-21(13-18)33-14-32-20/h3-13H,14H2,1-2H3,(H,25,29,31). The van der Waals surface area contributed by atoms with Crippen LogP contribution in [0.4, 0.5) is 16.2 Å². The summed E-state index contributed by atoms with van der Waals surface area (Å²) in [6.45, 7) is 0.0646. The van der Waals surface area contributed by atoms with Gasteiger partial charge in [-0.25, -0.2) is 9.69 Å². The number of hydrogen-bond acceptors (Lipinski definition) is 6. The summed E-state index contributed by atoms with van der Waals surface area (Å²) in [5.74, 6) is -0.532. The van der Waals surface area contributed by atoms with E-state index in [9.17, 15) is 14.4 Å². The third kappa shape index (κ3) is 3.59. The number of fused-ring (bicyclic) bond motifs is 1. The highest BCUT2D eigenvalue weighted by Crippen LogP contribution is 2.36. The van der Waals surface area contributed by atoms with Crippen molar-refractivity contribution in [2.75, 3.05) is 30.7 Å². The largest absolute Gasteiger partial charge is 0.454 e. The van der Waals surface area contributed by atoms with Crippen LogP contribution in [0.15, 0.2) is 66.4 Å². The van der Waals surface area contributed by atoms with Crippen molar-refractivity contribution in [3.63, 3.8) is 0 Å². The Morgan fingerprint density at radius 1 is 0.939 bits per heavy atom. The number of benzene rings is 2. The first-order chi connectivity index (χ1) is 15.9. The summed E-state index contributed by atoms with van der Waals surface area (Å²) in [5, 5.41) is 2.24. The number of nitrogens with zero attached hydrogens (tertiary/aromatic N) is 3. The van der Waals surface area contributed by atoms with E-state index in [1.807, 2.05) is 60.1 Å². The molecule has 0 radical (unpaired) electrons. The van der Waals surface area contributed by atoms with E-state index in [1.165, 1.54) is 12.1 Å². The summed E-state index contributed by atoms with van der Waals surface area (Å²) in [6, 6.07) is 15.3. The molecule has 3 heterocycles. The van der Waals surface area contributed by atoms with Crippen LogP contribution in [0, 0.1) is 0 Å². The van der Waals surface area contributed by atoms with E-state index in [4.69, 9.17) is 9.47 Å². The lowest BCUT2D eigenvalue weighted by atomic mass is 10.1. The second kappa shape index (κ2) is 7.86. The van der Waals surface area contributed by atoms with Gasteiger partial charge in [-0.1, -0.05) is 0 Å². The second-order valence-corrected chi connectivity index (χ2v) is 7.71. The van der Waals surface area contributed by atoms with Crippen molar-refractivity contribution in [2.24, 2.45) is 0 Å². The molecule has 1 aromatic heterocycles. The van der Waals surface area contributed by atoms with E-state index < -0.39 is 17.8 Å². The molecule has 4 amide bonds. The van der Waals surface area contributed by atoms with E-state index in [0.717, 1.165) is 16.3 Å². The molecular weight excluding hydrogens is 424 g/mol. The van der Waals surface area contributed by atoms with Crippen LogP contribution in [0.1, 0.15) is 5.69 Å². The average Bonchev–Trinajstić information content (AvgIpc) is 3.45. The summed E-state index contributed by atoms with van der Waals surface area (Å²) in [4.78, 5) is 41.2. The Labute approximate surface area is 189 Å². The van der Waals surface area contributed by atoms with Crippen molar-refractivity contribution in [3.05, 3.63) is 72.1 Å². The fourth-order valence-corrected chi connectivity index (χ4v) is 3.72. The molecule has 0 atom stereocenters. The Morgan fingerprint density at radius 2 is 1.67 bits per heavy atom. The molecule has 0 spiro atoms. The number of nitrogens with one attached hydrogen (secondary N) is 1. The Morgan fingerprint density at radius 3 is 2.42 bits per heavy atom. The van der Waals surface area contributed by atoms with E-state index in [0.29, 0.717) is 17.2 Å². The average molecular weight is 444 g/mol. The highest BCUT2D eigenvalue weighted by atomic mass is 16.7. The molecule has 166 valence electrons. The minimum absolute atomic E-state index is 0.0646. The van der Waals surface area contributed by atoms with Gasteiger partial charge in [-0.2, -0.15) is 0 Å². The van der Waals surface area contributed by atoms with Gasteiger partial charge < -0.3 is 18.9 Å². The SMILES string of the molecule is CN(C)c1ccc(-n2cccc2C=C2C(=O)NC(=O)N(c3ccc4c(c3)OCO4)C2=O)cc1. The summed E-state index contributed by atoms with van der Waals surface area (Å²) in [7, 11) is 3.92. The normalized spacial score (nSPS) is 16.4. The zero-order chi connectivity index (χ0) is 23.1. The molecule has 33 heavy (non-hydrogen) atoms. The van der Waals surface area contributed by atoms with E-state index in [2.05, 4.69) is 5.32 Å². The zero-order valence-corrected chi connectivity index (χ0v) is 17.9. The zero-order valence-electron chi connectivity index (χ0n) is 17.9. The minimum atomic E-state index is -0.823. The smallest absolute Gasteiger partial charge is 0.335 e. The van der Waals surface area contributed by atoms with Crippen molar-refractivity contribution >= 4 is 35.3 Å². The second-order valence-electron chi connectivity index (χ2n) is 7.71. The predicted molar refractivity (Wildman–Crippen MR) is 122 cm³/mol. The Balaban J connectivity index is 1.50. The van der Waals surface area contributed by atoms with Crippen LogP contribution in [-0.4, -0.2) is 43.3 Å². The van der Waals surface area contributed by atoms with Crippen LogP contribution in [-0.2, 0) is 9.59 Å². The number of imide groups is 2. The molecule has 0 aliphatic carbocycles. The maximum atomic E-state index is 13.2. The highest BCUT2D eigenvalue weighted by Gasteiger charge is 2.37. The Kier molecular flexibility index (Phi) is 4.86. The number of barbiturate groups is 1. The molecule has 9 heteroatoms. The fourth-order valence-electron chi connectivity index (χ4n) is 3.72. The molecule has 2 aliphatic rings. The first kappa shape index (κ1) is 20.4. The summed E-state index contributed by atoms with van der Waals surface area (Å²) < 4.78 is 12.5. The van der Waals surface area contributed by atoms with Crippen LogP contribution in [0.5, 0.6) is 11.5 Å². The Bertz CT molecular complexity index is 1310. The van der Waals surface area contributed by atoms with Gasteiger partial charge in [-0.15, -0.1) is 0 Å². The Hall–Kier alpha value is -4.53. The monoisotopic (exact) mass is 444 g/mol. The molecular formula is C24H20N4O5. The fraction of sp³-hybridized carbons (Fsp3) is 0.125. The van der Waals surface area contributed by atoms with Crippen LogP contribution >= 0.6 is 0 Å². The quantitative estimate of drug-likeness (QED) is 0.491. The van der Waals surface area contributed by atoms with Crippen molar-refractivity contribution in [3.8, 4) is 17.2 Å². The van der Waals surface area contributed by atoms with Gasteiger partial charge in [-0.05, 0) is 54.6 Å². The summed E-state index contributed by atoms with van der Waals surface area (Å²) in [5.41, 5.74) is 2.65. The highest BCUT2D eigenvalue weighted by molar-refractivity contribution is 6.39. The van der Waals surface area contributed by atoms with Gasteiger partial charge in [-0.3, -0.25) is 14.9 Å². The topological polar surface area (TPSA) is 93.1 Å². The van der Waals surface area contributed by atoms with Crippen LogP contribution in [0.2, 0.25) is 0 Å². The lowest BCUT2D eigenvalue weighted by Crippen LogP contribution is -2.54. The number of carbonyl (C=O) groups excluding carboxylic acids is 3. The molecule has 5 rings (SSSR count). The molecule has 0 saturated carbocycles. The van der Waals surface area contributed by atoms with Crippen molar-refractivity contribution in [2.45, 2.75) is 0 Å². The van der Waals surface area contributed by atoms with Gasteiger partial charge in [0.2, 0.25) is 6.79 Å². The number of ether oxygens (including phenoxy) is 2. The molecule has 0 bridgehead atoms. The summed E-state index contributed by atoms with van der Waals surface area (Å²) >= 11 is 0. The van der Waals surface area contributed by atoms with E-state index in [1.54, 1.807) is 18.2 Å². The van der Waals surface area contributed by atoms with Crippen LogP contribution < -0.4 is 24.6 Å². The first-order valence-electron chi connectivity index (χ1n) is 10.2. The number of urea groups is 1. The third-order valence-electron chi connectivity index (χ3n) is 5.43. The molecule has 1 N–H and O–H groups in total. The number of hydrogen-bond donors (Lipinski definition) is 1.